The summed E-state index contributed by atoms with van der Waals surface area (Å²) in [7, 11) is 1.76. The van der Waals surface area contributed by atoms with Crippen LogP contribution in [0.25, 0.3) is 11.1 Å². The van der Waals surface area contributed by atoms with Gasteiger partial charge in [0.25, 0.3) is 0 Å². The van der Waals surface area contributed by atoms with E-state index in [4.69, 9.17) is 14.8 Å². The molecule has 0 spiro atoms. The fourth-order valence-electron chi connectivity index (χ4n) is 2.81. The number of hydroxylamine groups is 1. The third-order valence-electron chi connectivity index (χ3n) is 4.42. The van der Waals surface area contributed by atoms with E-state index in [0.717, 1.165) is 35.2 Å². The average Bonchev–Trinajstić information content (AvgIpc) is 3.18. The molecule has 0 bridgehead atoms. The van der Waals surface area contributed by atoms with Crippen molar-refractivity contribution in [2.45, 2.75) is 31.1 Å². The maximum Gasteiger partial charge on any atom is 0.250 e. The zero-order chi connectivity index (χ0) is 20.5. The van der Waals surface area contributed by atoms with Crippen molar-refractivity contribution in [2.24, 2.45) is 12.2 Å². The maximum atomic E-state index is 11.5. The minimum atomic E-state index is -0.00153. The number of carbonyl (C=O) groups is 1. The second kappa shape index (κ2) is 10.7. The van der Waals surface area contributed by atoms with Gasteiger partial charge in [0.15, 0.2) is 0 Å². The summed E-state index contributed by atoms with van der Waals surface area (Å²) in [5.74, 6) is 0. The van der Waals surface area contributed by atoms with Crippen molar-refractivity contribution in [1.29, 1.82) is 0 Å². The molecule has 3 rings (SSSR count). The van der Waals surface area contributed by atoms with Crippen molar-refractivity contribution in [3.8, 4) is 11.1 Å². The van der Waals surface area contributed by atoms with Crippen LogP contribution in [0.5, 0.6) is 0 Å². The van der Waals surface area contributed by atoms with Gasteiger partial charge < -0.3 is 9.40 Å². The van der Waals surface area contributed by atoms with Crippen LogP contribution in [0.3, 0.4) is 0 Å². The van der Waals surface area contributed by atoms with Crippen LogP contribution in [0.2, 0.25) is 0 Å². The number of nitrogens with one attached hydrogen (secondary N) is 1. The first kappa shape index (κ1) is 21.7. The van der Waals surface area contributed by atoms with Crippen molar-refractivity contribution in [3.63, 3.8) is 0 Å². The molecule has 0 aliphatic carbocycles. The summed E-state index contributed by atoms with van der Waals surface area (Å²) in [6.45, 7) is 2.22. The Morgan fingerprint density at radius 1 is 1.29 bits per heavy atom. The number of hydrogen-bond donors (Lipinski definition) is 2. The molecule has 2 atom stereocenters. The van der Waals surface area contributed by atoms with Gasteiger partial charge in [0.2, 0.25) is 12.0 Å². The zero-order valence-corrected chi connectivity index (χ0v) is 17.0. The Morgan fingerprint density at radius 2 is 1.89 bits per heavy atom. The van der Waals surface area contributed by atoms with E-state index in [2.05, 4.69) is 42.6 Å². The molecule has 28 heavy (non-hydrogen) atoms. The number of carbonyl (C=O) groups excluding carboxylic acids is 1. The molecule has 2 N–H and O–H groups in total. The summed E-state index contributed by atoms with van der Waals surface area (Å²) in [5, 5.41) is 12.1. The minimum Gasteiger partial charge on any atom is -0.392 e. The van der Waals surface area contributed by atoms with Crippen LogP contribution in [0.4, 0.5) is 0 Å². The molecule has 1 aliphatic heterocycles. The van der Waals surface area contributed by atoms with Gasteiger partial charge in [-0.25, -0.2) is 5.48 Å². The van der Waals surface area contributed by atoms with Gasteiger partial charge in [0.05, 0.1) is 5.71 Å². The molecule has 2 heterocycles. The van der Waals surface area contributed by atoms with E-state index in [1.165, 1.54) is 5.48 Å². The number of rotatable bonds is 6. The predicted molar refractivity (Wildman–Crippen MR) is 112 cm³/mol. The molecular weight excluding hydrogens is 378 g/mol. The molecule has 0 radical (unpaired) electrons. The lowest BCUT2D eigenvalue weighted by Crippen LogP contribution is -2.14. The van der Waals surface area contributed by atoms with Crippen molar-refractivity contribution < 1.29 is 14.8 Å². The van der Waals surface area contributed by atoms with Gasteiger partial charge in [-0.3, -0.25) is 14.8 Å². The number of aromatic nitrogens is 1. The fourth-order valence-corrected chi connectivity index (χ4v) is 3.22. The smallest absolute Gasteiger partial charge is 0.250 e. The van der Waals surface area contributed by atoms with Crippen molar-refractivity contribution >= 4 is 23.9 Å². The monoisotopic (exact) mass is 403 g/mol. The number of pyridine rings is 1. The zero-order valence-electron chi connectivity index (χ0n) is 16.2. The predicted octanol–water partition coefficient (Wildman–Crippen LogP) is 2.81. The second-order valence-corrected chi connectivity index (χ2v) is 7.72. The Morgan fingerprint density at radius 3 is 2.46 bits per heavy atom. The van der Waals surface area contributed by atoms with Gasteiger partial charge in [-0.15, -0.1) is 0 Å². The molecule has 2 aromatic rings. The number of aryl methyl sites for hydroxylation is 1. The number of oxime groups is 1. The third kappa shape index (κ3) is 5.97. The number of thioether (sulfide) groups is 1. The topological polar surface area (TPSA) is 92.9 Å². The molecule has 1 aliphatic rings. The lowest BCUT2D eigenvalue weighted by molar-refractivity contribution is -0.116. The molecule has 2 unspecified atom stereocenters. The second-order valence-electron chi connectivity index (χ2n) is 6.44. The summed E-state index contributed by atoms with van der Waals surface area (Å²) in [6.07, 6.45) is 6.23. The molecule has 0 saturated heterocycles. The highest BCUT2D eigenvalue weighted by Gasteiger charge is 2.23. The van der Waals surface area contributed by atoms with Crippen LogP contribution < -0.4 is 11.0 Å². The van der Waals surface area contributed by atoms with E-state index < -0.39 is 0 Å². The number of benzene rings is 1. The first-order chi connectivity index (χ1) is 13.5. The van der Waals surface area contributed by atoms with Crippen LogP contribution in [-0.4, -0.2) is 39.5 Å². The van der Waals surface area contributed by atoms with Crippen molar-refractivity contribution in [3.05, 3.63) is 58.5 Å². The van der Waals surface area contributed by atoms with Crippen LogP contribution in [0.15, 0.2) is 52.5 Å². The van der Waals surface area contributed by atoms with Gasteiger partial charge in [-0.2, -0.15) is 11.8 Å². The maximum absolute atomic E-state index is 11.5. The molecule has 7 nitrogen and oxygen atoms in total. The Kier molecular flexibility index (Phi) is 8.28. The third-order valence-corrected chi connectivity index (χ3v) is 5.42. The molecule has 1 aromatic carbocycles. The highest BCUT2D eigenvalue weighted by atomic mass is 32.2. The van der Waals surface area contributed by atoms with Crippen LogP contribution >= 0.6 is 11.8 Å². The molecule has 1 amide bonds. The van der Waals surface area contributed by atoms with Crippen molar-refractivity contribution in [2.75, 3.05) is 6.26 Å². The molecule has 0 saturated carbocycles. The van der Waals surface area contributed by atoms with Gasteiger partial charge >= 0.3 is 0 Å². The summed E-state index contributed by atoms with van der Waals surface area (Å²) >= 11 is 1.86. The Bertz CT molecular complexity index is 864. The molecule has 1 aromatic heterocycles. The van der Waals surface area contributed by atoms with E-state index >= 15 is 0 Å². The Balaban J connectivity index is 0.000000640. The Hall–Kier alpha value is -2.58. The largest absolute Gasteiger partial charge is 0.392 e. The number of amides is 1. The summed E-state index contributed by atoms with van der Waals surface area (Å²) in [6, 6.07) is 11.7. The van der Waals surface area contributed by atoms with Crippen LogP contribution in [0, 0.1) is 0 Å². The highest BCUT2D eigenvalue weighted by molar-refractivity contribution is 7.99. The van der Waals surface area contributed by atoms with E-state index in [1.54, 1.807) is 17.7 Å². The number of nitrogens with zero attached hydrogens (tertiary/aromatic N) is 2. The van der Waals surface area contributed by atoms with Gasteiger partial charge in [0.1, 0.15) is 6.10 Å². The van der Waals surface area contributed by atoms with Gasteiger partial charge in [0, 0.05) is 31.0 Å². The summed E-state index contributed by atoms with van der Waals surface area (Å²) in [5.41, 5.74) is 5.47. The minimum absolute atomic E-state index is 0.00153. The lowest BCUT2D eigenvalue weighted by atomic mass is 10.00. The quantitative estimate of drug-likeness (QED) is 0.440. The summed E-state index contributed by atoms with van der Waals surface area (Å²) < 4.78 is 1.59. The van der Waals surface area contributed by atoms with Gasteiger partial charge in [-0.05, 0) is 35.4 Å². The molecular formula is C20H25N3O4S. The first-order valence-electron chi connectivity index (χ1n) is 8.84. The fraction of sp³-hybridized carbons (Fsp3) is 0.350. The van der Waals surface area contributed by atoms with Crippen LogP contribution in [-0.2, 0) is 16.7 Å². The van der Waals surface area contributed by atoms with E-state index in [9.17, 15) is 4.79 Å². The molecule has 0 fully saturated rings. The van der Waals surface area contributed by atoms with E-state index in [1.807, 2.05) is 24.0 Å². The van der Waals surface area contributed by atoms with Crippen molar-refractivity contribution in [1.82, 2.24) is 10.0 Å². The summed E-state index contributed by atoms with van der Waals surface area (Å²) in [4.78, 5) is 25.9. The number of hydrogen-bond acceptors (Lipinski definition) is 6. The lowest BCUT2D eigenvalue weighted by Gasteiger charge is -2.12. The standard InChI is InChI=1S/C19H22N2O2S.CH3NO2/c1-13(24-3)10-17-11-18(20-23-17)15-6-4-14(5-7-15)16-8-9-19(22)21(2)12-16;3-1-2-4/h4-9,12-13,17H,10-11H2,1-3H3;1,4H,(H,2,3). The SMILES string of the molecule is CSC(C)CC1CC(c2ccc(-c3ccc(=O)n(C)c3)cc2)=NO1.O=CNO. The first-order valence-corrected chi connectivity index (χ1v) is 10.1. The van der Waals surface area contributed by atoms with Gasteiger partial charge in [-0.1, -0.05) is 36.3 Å². The van der Waals surface area contributed by atoms with E-state index in [0.29, 0.717) is 5.25 Å². The normalized spacial score (nSPS) is 16.3. The molecule has 8 heteroatoms. The Labute approximate surface area is 168 Å². The molecule has 150 valence electrons. The highest BCUT2D eigenvalue weighted by Crippen LogP contribution is 2.25. The van der Waals surface area contributed by atoms with Crippen LogP contribution in [0.1, 0.15) is 25.3 Å². The average molecular weight is 404 g/mol. The van der Waals surface area contributed by atoms with E-state index in [-0.39, 0.29) is 18.1 Å².